The van der Waals surface area contributed by atoms with Gasteiger partial charge in [0.1, 0.15) is 0 Å². The molecule has 96 valence electrons. The van der Waals surface area contributed by atoms with E-state index in [0.29, 0.717) is 0 Å². The lowest BCUT2D eigenvalue weighted by atomic mass is 10.2. The van der Waals surface area contributed by atoms with E-state index in [4.69, 9.17) is 4.98 Å². The van der Waals surface area contributed by atoms with Crippen molar-refractivity contribution in [2.45, 2.75) is 39.2 Å². The fourth-order valence-electron chi connectivity index (χ4n) is 1.80. The summed E-state index contributed by atoms with van der Waals surface area (Å²) in [4.78, 5) is 7.02. The summed E-state index contributed by atoms with van der Waals surface area (Å²) in [6.45, 7) is 6.60. The summed E-state index contributed by atoms with van der Waals surface area (Å²) < 4.78 is 0. The molecule has 0 amide bonds. The average molecular weight is 253 g/mol. The van der Waals surface area contributed by atoms with Crippen molar-refractivity contribution < 1.29 is 0 Å². The van der Waals surface area contributed by atoms with Crippen molar-refractivity contribution in [3.05, 3.63) is 11.1 Å². The quantitative estimate of drug-likeness (QED) is 0.757. The van der Waals surface area contributed by atoms with Crippen LogP contribution in [-0.2, 0) is 6.42 Å². The summed E-state index contributed by atoms with van der Waals surface area (Å²) in [7, 11) is 2.16. The summed E-state index contributed by atoms with van der Waals surface area (Å²) in [5, 5.41) is 6.84. The minimum atomic E-state index is 0.724. The molecule has 1 saturated carbocycles. The lowest BCUT2D eigenvalue weighted by Crippen LogP contribution is -2.22. The van der Waals surface area contributed by atoms with E-state index in [9.17, 15) is 0 Å². The standard InChI is InChI=1S/C13H23N3S/c1-10(2)8-14-7-6-11-9-17-13(15-11)16(3)12-4-5-12/h9-10,12,14H,4-8H2,1-3H3. The summed E-state index contributed by atoms with van der Waals surface area (Å²) in [5.74, 6) is 0.724. The van der Waals surface area contributed by atoms with Gasteiger partial charge in [0.2, 0.25) is 0 Å². The van der Waals surface area contributed by atoms with Gasteiger partial charge in [0.25, 0.3) is 0 Å². The molecule has 0 aromatic carbocycles. The minimum absolute atomic E-state index is 0.724. The van der Waals surface area contributed by atoms with E-state index >= 15 is 0 Å². The van der Waals surface area contributed by atoms with Crippen LogP contribution < -0.4 is 10.2 Å². The molecule has 0 bridgehead atoms. The van der Waals surface area contributed by atoms with Crippen LogP contribution >= 0.6 is 11.3 Å². The van der Waals surface area contributed by atoms with Gasteiger partial charge in [-0.05, 0) is 25.3 Å². The van der Waals surface area contributed by atoms with Crippen LogP contribution in [0.25, 0.3) is 0 Å². The molecule has 1 heterocycles. The normalized spacial score (nSPS) is 15.5. The number of aromatic nitrogens is 1. The van der Waals surface area contributed by atoms with Crippen LogP contribution in [0.5, 0.6) is 0 Å². The van der Waals surface area contributed by atoms with E-state index in [1.54, 1.807) is 11.3 Å². The summed E-state index contributed by atoms with van der Waals surface area (Å²) >= 11 is 1.78. The molecule has 0 aliphatic heterocycles. The van der Waals surface area contributed by atoms with Crippen LogP contribution in [0.4, 0.5) is 5.13 Å². The van der Waals surface area contributed by atoms with Crippen molar-refractivity contribution in [1.82, 2.24) is 10.3 Å². The Hall–Kier alpha value is -0.610. The van der Waals surface area contributed by atoms with Gasteiger partial charge in [-0.25, -0.2) is 4.98 Å². The van der Waals surface area contributed by atoms with Gasteiger partial charge >= 0.3 is 0 Å². The van der Waals surface area contributed by atoms with Crippen molar-refractivity contribution in [3.8, 4) is 0 Å². The number of hydrogen-bond acceptors (Lipinski definition) is 4. The van der Waals surface area contributed by atoms with Gasteiger partial charge in [-0.2, -0.15) is 0 Å². The smallest absolute Gasteiger partial charge is 0.185 e. The number of nitrogens with one attached hydrogen (secondary N) is 1. The first-order valence-corrected chi connectivity index (χ1v) is 7.42. The van der Waals surface area contributed by atoms with E-state index < -0.39 is 0 Å². The summed E-state index contributed by atoms with van der Waals surface area (Å²) in [5.41, 5.74) is 1.23. The third-order valence-electron chi connectivity index (χ3n) is 3.05. The Labute approximate surface area is 108 Å². The Morgan fingerprint density at radius 1 is 1.53 bits per heavy atom. The van der Waals surface area contributed by atoms with Gasteiger partial charge < -0.3 is 10.2 Å². The van der Waals surface area contributed by atoms with E-state index in [1.165, 1.54) is 23.7 Å². The molecule has 3 nitrogen and oxygen atoms in total. The second-order valence-electron chi connectivity index (χ2n) is 5.31. The van der Waals surface area contributed by atoms with E-state index in [2.05, 4.69) is 36.5 Å². The maximum atomic E-state index is 4.69. The fourth-order valence-corrected chi connectivity index (χ4v) is 2.70. The number of thiazole rings is 1. The second-order valence-corrected chi connectivity index (χ2v) is 6.15. The van der Waals surface area contributed by atoms with Gasteiger partial charge in [-0.1, -0.05) is 13.8 Å². The molecule has 2 rings (SSSR count). The Kier molecular flexibility index (Phi) is 4.40. The lowest BCUT2D eigenvalue weighted by molar-refractivity contribution is 0.553. The number of hydrogen-bond donors (Lipinski definition) is 1. The molecule has 1 aliphatic rings. The van der Waals surface area contributed by atoms with Crippen molar-refractivity contribution >= 4 is 16.5 Å². The molecule has 1 N–H and O–H groups in total. The highest BCUT2D eigenvalue weighted by Crippen LogP contribution is 2.31. The van der Waals surface area contributed by atoms with Crippen LogP contribution in [0.2, 0.25) is 0 Å². The third kappa shape index (κ3) is 3.96. The Bertz CT molecular complexity index is 344. The fraction of sp³-hybridized carbons (Fsp3) is 0.769. The zero-order chi connectivity index (χ0) is 12.3. The number of rotatable bonds is 7. The van der Waals surface area contributed by atoms with E-state index in [1.807, 2.05) is 0 Å². The van der Waals surface area contributed by atoms with Crippen molar-refractivity contribution in [2.24, 2.45) is 5.92 Å². The Morgan fingerprint density at radius 3 is 2.94 bits per heavy atom. The number of nitrogens with zero attached hydrogens (tertiary/aromatic N) is 2. The molecule has 0 atom stereocenters. The molecule has 1 fully saturated rings. The maximum absolute atomic E-state index is 4.69. The zero-order valence-electron chi connectivity index (χ0n) is 11.1. The van der Waals surface area contributed by atoms with E-state index in [-0.39, 0.29) is 0 Å². The molecule has 1 aliphatic carbocycles. The summed E-state index contributed by atoms with van der Waals surface area (Å²) in [6, 6.07) is 0.757. The monoisotopic (exact) mass is 253 g/mol. The Morgan fingerprint density at radius 2 is 2.29 bits per heavy atom. The van der Waals surface area contributed by atoms with Crippen molar-refractivity contribution in [2.75, 3.05) is 25.0 Å². The van der Waals surface area contributed by atoms with Crippen molar-refractivity contribution in [1.29, 1.82) is 0 Å². The molecule has 1 aromatic rings. The molecule has 4 heteroatoms. The highest BCUT2D eigenvalue weighted by Gasteiger charge is 2.27. The van der Waals surface area contributed by atoms with Crippen LogP contribution in [0, 0.1) is 5.92 Å². The Balaban J connectivity index is 1.74. The zero-order valence-corrected chi connectivity index (χ0v) is 11.9. The first kappa shape index (κ1) is 12.8. The van der Waals surface area contributed by atoms with Crippen molar-refractivity contribution in [3.63, 3.8) is 0 Å². The van der Waals surface area contributed by atoms with Crippen LogP contribution in [0.3, 0.4) is 0 Å². The molecule has 0 unspecified atom stereocenters. The molecule has 17 heavy (non-hydrogen) atoms. The lowest BCUT2D eigenvalue weighted by Gasteiger charge is -2.13. The molecule has 0 spiro atoms. The predicted octanol–water partition coefficient (Wildman–Crippen LogP) is 2.53. The van der Waals surface area contributed by atoms with Gasteiger partial charge in [0.05, 0.1) is 5.69 Å². The summed E-state index contributed by atoms with van der Waals surface area (Å²) in [6.07, 6.45) is 3.71. The predicted molar refractivity (Wildman–Crippen MR) is 75.0 cm³/mol. The van der Waals surface area contributed by atoms with Crippen LogP contribution in [0.15, 0.2) is 5.38 Å². The molecule has 0 saturated heterocycles. The minimum Gasteiger partial charge on any atom is -0.348 e. The van der Waals surface area contributed by atoms with E-state index in [0.717, 1.165) is 31.5 Å². The van der Waals surface area contributed by atoms with Gasteiger partial charge in [-0.3, -0.25) is 0 Å². The molecular weight excluding hydrogens is 230 g/mol. The van der Waals surface area contributed by atoms with Gasteiger partial charge in [0.15, 0.2) is 5.13 Å². The third-order valence-corrected chi connectivity index (χ3v) is 4.03. The second kappa shape index (κ2) is 5.83. The maximum Gasteiger partial charge on any atom is 0.185 e. The first-order chi connectivity index (χ1) is 8.16. The highest BCUT2D eigenvalue weighted by atomic mass is 32.1. The largest absolute Gasteiger partial charge is 0.348 e. The number of anilines is 1. The van der Waals surface area contributed by atoms with Gasteiger partial charge in [-0.15, -0.1) is 11.3 Å². The average Bonchev–Trinajstić information content (AvgIpc) is 3.03. The van der Waals surface area contributed by atoms with Gasteiger partial charge in [0, 0.05) is 31.4 Å². The molecular formula is C13H23N3S. The first-order valence-electron chi connectivity index (χ1n) is 6.54. The van der Waals surface area contributed by atoms with Crippen LogP contribution in [0.1, 0.15) is 32.4 Å². The SMILES string of the molecule is CC(C)CNCCc1csc(N(C)C2CC2)n1. The molecule has 0 radical (unpaired) electrons. The highest BCUT2D eigenvalue weighted by molar-refractivity contribution is 7.13. The molecule has 1 aromatic heterocycles. The van der Waals surface area contributed by atoms with Crippen LogP contribution in [-0.4, -0.2) is 31.2 Å². The topological polar surface area (TPSA) is 28.2 Å².